The molecule has 16 heavy (non-hydrogen) atoms. The van der Waals surface area contributed by atoms with E-state index in [1.807, 2.05) is 0 Å². The van der Waals surface area contributed by atoms with E-state index >= 15 is 0 Å². The van der Waals surface area contributed by atoms with Gasteiger partial charge in [-0.2, -0.15) is 0 Å². The highest BCUT2D eigenvalue weighted by Crippen LogP contribution is 2.21. The molecular weight excluding hydrogens is 216 g/mol. The van der Waals surface area contributed by atoms with Crippen molar-refractivity contribution in [2.45, 2.75) is 52.8 Å². The number of alkyl halides is 1. The van der Waals surface area contributed by atoms with Gasteiger partial charge in [0.25, 0.3) is 0 Å². The second-order valence-corrected chi connectivity index (χ2v) is 5.72. The van der Waals surface area contributed by atoms with E-state index in [2.05, 4.69) is 46.8 Å². The molecule has 0 bridgehead atoms. The summed E-state index contributed by atoms with van der Waals surface area (Å²) in [7, 11) is 0. The largest absolute Gasteiger partial charge is 0.123 e. The summed E-state index contributed by atoms with van der Waals surface area (Å²) < 4.78 is 0. The maximum Gasteiger partial charge on any atom is 0.0362 e. The Morgan fingerprint density at radius 3 is 2.12 bits per heavy atom. The first-order valence-corrected chi connectivity index (χ1v) is 6.56. The summed E-state index contributed by atoms with van der Waals surface area (Å²) in [4.78, 5) is 0. The topological polar surface area (TPSA) is 0 Å². The van der Waals surface area contributed by atoms with E-state index in [0.717, 1.165) is 12.8 Å². The van der Waals surface area contributed by atoms with Crippen LogP contribution in [0, 0.1) is 26.7 Å². The average Bonchev–Trinajstić information content (AvgIpc) is 2.20. The Labute approximate surface area is 105 Å². The summed E-state index contributed by atoms with van der Waals surface area (Å²) >= 11 is 6.29. The van der Waals surface area contributed by atoms with Gasteiger partial charge < -0.3 is 0 Å². The van der Waals surface area contributed by atoms with Gasteiger partial charge in [-0.15, -0.1) is 11.6 Å². The number of hydrogen-bond acceptors (Lipinski definition) is 0. The molecule has 1 aromatic carbocycles. The lowest BCUT2D eigenvalue weighted by Crippen LogP contribution is -2.09. The van der Waals surface area contributed by atoms with Crippen LogP contribution in [0.25, 0.3) is 0 Å². The molecule has 0 radical (unpaired) electrons. The lowest BCUT2D eigenvalue weighted by molar-refractivity contribution is 0.565. The molecule has 0 saturated carbocycles. The fraction of sp³-hybridized carbons (Fsp3) is 0.600. The first-order valence-electron chi connectivity index (χ1n) is 6.12. The summed E-state index contributed by atoms with van der Waals surface area (Å²) in [6, 6.07) is 4.60. The van der Waals surface area contributed by atoms with Crippen molar-refractivity contribution in [2.24, 2.45) is 5.92 Å². The molecule has 0 fully saturated rings. The molecule has 0 nitrogen and oxygen atoms in total. The zero-order valence-electron chi connectivity index (χ0n) is 11.1. The summed E-state index contributed by atoms with van der Waals surface area (Å²) in [5.41, 5.74) is 5.62. The van der Waals surface area contributed by atoms with Crippen LogP contribution in [-0.2, 0) is 6.42 Å². The van der Waals surface area contributed by atoms with Crippen molar-refractivity contribution in [3.05, 3.63) is 34.4 Å². The summed E-state index contributed by atoms with van der Waals surface area (Å²) in [6.45, 7) is 10.9. The lowest BCUT2D eigenvalue weighted by atomic mass is 9.95. The number of hydrogen-bond donors (Lipinski definition) is 0. The van der Waals surface area contributed by atoms with Gasteiger partial charge in [-0.25, -0.2) is 0 Å². The summed E-state index contributed by atoms with van der Waals surface area (Å²) in [6.07, 6.45) is 2.17. The minimum Gasteiger partial charge on any atom is -0.123 e. The Balaban J connectivity index is 2.71. The predicted molar refractivity (Wildman–Crippen MR) is 73.5 cm³/mol. The standard InChI is InChI=1S/C15H23Cl/c1-10(2)15(16)7-6-14-9-12(4)11(3)8-13(14)5/h8-10,15H,6-7H2,1-5H3. The van der Waals surface area contributed by atoms with E-state index in [0.29, 0.717) is 11.3 Å². The van der Waals surface area contributed by atoms with Crippen LogP contribution >= 0.6 is 11.6 Å². The first kappa shape index (κ1) is 13.6. The van der Waals surface area contributed by atoms with Crippen molar-refractivity contribution in [3.8, 4) is 0 Å². The molecular formula is C15H23Cl. The van der Waals surface area contributed by atoms with Crippen LogP contribution < -0.4 is 0 Å². The molecule has 0 aliphatic rings. The van der Waals surface area contributed by atoms with Crippen LogP contribution in [0.2, 0.25) is 0 Å². The fourth-order valence-corrected chi connectivity index (χ4v) is 2.03. The SMILES string of the molecule is Cc1cc(C)c(CCC(Cl)C(C)C)cc1C. The van der Waals surface area contributed by atoms with Crippen molar-refractivity contribution in [3.63, 3.8) is 0 Å². The Bertz CT molecular complexity index is 353. The molecule has 0 amide bonds. The normalized spacial score (nSPS) is 13.2. The molecule has 1 heteroatoms. The third-order valence-electron chi connectivity index (χ3n) is 3.37. The minimum absolute atomic E-state index is 0.293. The van der Waals surface area contributed by atoms with Gasteiger partial charge in [0.05, 0.1) is 0 Å². The molecule has 0 aliphatic heterocycles. The summed E-state index contributed by atoms with van der Waals surface area (Å²) in [5, 5.41) is 0.293. The molecule has 1 unspecified atom stereocenters. The lowest BCUT2D eigenvalue weighted by Gasteiger charge is -2.15. The molecule has 1 rings (SSSR count). The molecule has 90 valence electrons. The van der Waals surface area contributed by atoms with Crippen LogP contribution in [0.3, 0.4) is 0 Å². The van der Waals surface area contributed by atoms with Gasteiger partial charge in [0.1, 0.15) is 0 Å². The van der Waals surface area contributed by atoms with E-state index in [-0.39, 0.29) is 0 Å². The van der Waals surface area contributed by atoms with Crippen LogP contribution in [0.15, 0.2) is 12.1 Å². The number of rotatable bonds is 4. The van der Waals surface area contributed by atoms with Gasteiger partial charge in [-0.05, 0) is 61.8 Å². The van der Waals surface area contributed by atoms with Crippen LogP contribution in [0.1, 0.15) is 42.5 Å². The van der Waals surface area contributed by atoms with Crippen LogP contribution in [0.4, 0.5) is 0 Å². The molecule has 0 heterocycles. The molecule has 1 atom stereocenters. The zero-order valence-corrected chi connectivity index (χ0v) is 11.9. The minimum atomic E-state index is 0.293. The number of halogens is 1. The van der Waals surface area contributed by atoms with Gasteiger partial charge in [-0.3, -0.25) is 0 Å². The Kier molecular flexibility index (Phi) is 4.86. The van der Waals surface area contributed by atoms with Crippen LogP contribution in [0.5, 0.6) is 0 Å². The van der Waals surface area contributed by atoms with Crippen molar-refractivity contribution in [2.75, 3.05) is 0 Å². The first-order chi connectivity index (χ1) is 7.41. The van der Waals surface area contributed by atoms with Gasteiger partial charge in [-0.1, -0.05) is 26.0 Å². The molecule has 0 N–H and O–H groups in total. The summed E-state index contributed by atoms with van der Waals surface area (Å²) in [5.74, 6) is 0.563. The Hall–Kier alpha value is -0.490. The molecule has 0 saturated heterocycles. The second-order valence-electron chi connectivity index (χ2n) is 5.16. The van der Waals surface area contributed by atoms with E-state index in [1.54, 1.807) is 0 Å². The quantitative estimate of drug-likeness (QED) is 0.661. The smallest absolute Gasteiger partial charge is 0.0362 e. The highest BCUT2D eigenvalue weighted by molar-refractivity contribution is 6.20. The third kappa shape index (κ3) is 3.52. The van der Waals surface area contributed by atoms with Crippen molar-refractivity contribution < 1.29 is 0 Å². The van der Waals surface area contributed by atoms with Crippen molar-refractivity contribution >= 4 is 11.6 Å². The van der Waals surface area contributed by atoms with E-state index in [1.165, 1.54) is 22.3 Å². The monoisotopic (exact) mass is 238 g/mol. The van der Waals surface area contributed by atoms with Gasteiger partial charge in [0.2, 0.25) is 0 Å². The Morgan fingerprint density at radius 2 is 1.56 bits per heavy atom. The molecule has 1 aromatic rings. The van der Waals surface area contributed by atoms with E-state index in [4.69, 9.17) is 11.6 Å². The van der Waals surface area contributed by atoms with Gasteiger partial charge in [0.15, 0.2) is 0 Å². The fourth-order valence-electron chi connectivity index (χ4n) is 1.92. The highest BCUT2D eigenvalue weighted by atomic mass is 35.5. The second kappa shape index (κ2) is 5.72. The van der Waals surface area contributed by atoms with Crippen molar-refractivity contribution in [1.82, 2.24) is 0 Å². The average molecular weight is 239 g/mol. The zero-order chi connectivity index (χ0) is 12.3. The molecule has 0 aromatic heterocycles. The van der Waals surface area contributed by atoms with E-state index < -0.39 is 0 Å². The highest BCUT2D eigenvalue weighted by Gasteiger charge is 2.10. The van der Waals surface area contributed by atoms with E-state index in [9.17, 15) is 0 Å². The molecule has 0 spiro atoms. The van der Waals surface area contributed by atoms with Crippen LogP contribution in [-0.4, -0.2) is 5.38 Å². The predicted octanol–water partition coefficient (Wildman–Crippen LogP) is 4.81. The number of benzene rings is 1. The maximum atomic E-state index is 6.29. The Morgan fingerprint density at radius 1 is 1.00 bits per heavy atom. The third-order valence-corrected chi connectivity index (χ3v) is 4.09. The van der Waals surface area contributed by atoms with Gasteiger partial charge >= 0.3 is 0 Å². The van der Waals surface area contributed by atoms with Gasteiger partial charge in [0, 0.05) is 5.38 Å². The molecule has 0 aliphatic carbocycles. The maximum absolute atomic E-state index is 6.29. The number of aryl methyl sites for hydroxylation is 4. The van der Waals surface area contributed by atoms with Crippen molar-refractivity contribution in [1.29, 1.82) is 0 Å².